The number of para-hydroxylation sites is 4. The highest BCUT2D eigenvalue weighted by Crippen LogP contribution is 2.46. The van der Waals surface area contributed by atoms with Gasteiger partial charge in [0.25, 0.3) is 0 Å². The van der Waals surface area contributed by atoms with Gasteiger partial charge >= 0.3 is 0 Å². The van der Waals surface area contributed by atoms with Crippen molar-refractivity contribution in [1.29, 1.82) is 0 Å². The minimum Gasteiger partial charge on any atom is -0.457 e. The summed E-state index contributed by atoms with van der Waals surface area (Å²) in [4.78, 5) is 8.97. The number of nitrogens with zero attached hydrogens (tertiary/aromatic N) is 4. The predicted octanol–water partition coefficient (Wildman–Crippen LogP) is 11.3. The summed E-state index contributed by atoms with van der Waals surface area (Å²) in [6.45, 7) is 2.53. The fourth-order valence-electron chi connectivity index (χ4n) is 6.95. The van der Waals surface area contributed by atoms with E-state index in [9.17, 15) is 0 Å². The average Bonchev–Trinajstić information content (AvgIpc) is 3.68. The maximum atomic E-state index is 15.1. The Morgan fingerprint density at radius 2 is 1.29 bits per heavy atom. The van der Waals surface area contributed by atoms with Crippen LogP contribution in [-0.2, 0) is 0 Å². The molecular weight excluding hydrogens is 607 g/mol. The van der Waals surface area contributed by atoms with E-state index in [2.05, 4.69) is 95.3 Å². The first-order chi connectivity index (χ1) is 24.1. The molecule has 2 aromatic heterocycles. The number of ether oxygens (including phenoxy) is 1. The van der Waals surface area contributed by atoms with Gasteiger partial charge in [-0.2, -0.15) is 0 Å². The molecule has 49 heavy (non-hydrogen) atoms. The van der Waals surface area contributed by atoms with E-state index in [4.69, 9.17) is 9.72 Å². The molecule has 0 spiro atoms. The minimum absolute atomic E-state index is 0.255. The van der Waals surface area contributed by atoms with Gasteiger partial charge in [0.2, 0.25) is 0 Å². The second-order valence-electron chi connectivity index (χ2n) is 12.3. The van der Waals surface area contributed by atoms with Crippen LogP contribution in [0.25, 0.3) is 38.8 Å². The van der Waals surface area contributed by atoms with Crippen LogP contribution in [0, 0.1) is 12.7 Å². The Hall–Kier alpha value is -6.40. The topological polar surface area (TPSA) is 33.5 Å². The molecule has 6 heteroatoms. The molecule has 6 aromatic carbocycles. The van der Waals surface area contributed by atoms with Crippen molar-refractivity contribution in [2.24, 2.45) is 0 Å². The third kappa shape index (κ3) is 5.06. The Morgan fingerprint density at radius 1 is 0.571 bits per heavy atom. The summed E-state index contributed by atoms with van der Waals surface area (Å²) >= 11 is 0. The fraction of sp³-hybridized carbons (Fsp3) is 0.0465. The van der Waals surface area contributed by atoms with Crippen LogP contribution in [0.2, 0.25) is 0 Å². The van der Waals surface area contributed by atoms with Crippen molar-refractivity contribution in [2.45, 2.75) is 6.92 Å². The number of fused-ring (bicyclic) bond motifs is 4. The number of rotatable bonds is 6. The van der Waals surface area contributed by atoms with Crippen molar-refractivity contribution in [2.75, 3.05) is 16.5 Å². The van der Waals surface area contributed by atoms with Gasteiger partial charge in [-0.25, -0.2) is 9.37 Å². The van der Waals surface area contributed by atoms with Crippen molar-refractivity contribution in [3.8, 4) is 28.4 Å². The molecule has 8 aromatic rings. The first-order valence-electron chi connectivity index (χ1n) is 16.3. The first kappa shape index (κ1) is 28.8. The number of aromatic nitrogens is 2. The standard InChI is InChI=1S/C43H31FN4O/c1-29-21-22-45-43(23-29)48-38-15-7-5-13-35(38)36-20-19-33(27-42(36)48)49-34-25-31(30-11-3-2-4-12-30)24-32(26-34)46-28-47(39-16-8-6-14-37(39)44)41-18-10-9-17-40(41)46/h2-27H,28H2,1H3. The second kappa shape index (κ2) is 11.7. The Kier molecular flexibility index (Phi) is 6.87. The molecule has 0 fully saturated rings. The van der Waals surface area contributed by atoms with E-state index in [1.807, 2.05) is 71.8 Å². The molecule has 1 aliphatic heterocycles. The van der Waals surface area contributed by atoms with E-state index in [0.717, 1.165) is 67.1 Å². The van der Waals surface area contributed by atoms with Crippen LogP contribution >= 0.6 is 0 Å². The van der Waals surface area contributed by atoms with Crippen LogP contribution in [0.5, 0.6) is 11.5 Å². The van der Waals surface area contributed by atoms with E-state index < -0.39 is 0 Å². The fourth-order valence-corrected chi connectivity index (χ4v) is 6.95. The summed E-state index contributed by atoms with van der Waals surface area (Å²) in [6.07, 6.45) is 1.85. The SMILES string of the molecule is Cc1ccnc(-n2c3ccccc3c3ccc(Oc4cc(-c5ccccc5)cc(N5CN(c6ccccc6F)c6ccccc65)c4)cc32)c1. The highest BCUT2D eigenvalue weighted by molar-refractivity contribution is 6.09. The molecule has 0 saturated heterocycles. The highest BCUT2D eigenvalue weighted by atomic mass is 19.1. The lowest BCUT2D eigenvalue weighted by Gasteiger charge is -2.23. The van der Waals surface area contributed by atoms with Crippen LogP contribution in [0.3, 0.4) is 0 Å². The molecule has 0 unspecified atom stereocenters. The molecule has 0 amide bonds. The number of benzene rings is 6. The summed E-state index contributed by atoms with van der Waals surface area (Å²) in [5, 5.41) is 2.29. The molecule has 236 valence electrons. The molecule has 5 nitrogen and oxygen atoms in total. The molecule has 1 aliphatic rings. The Labute approximate surface area is 283 Å². The summed E-state index contributed by atoms with van der Waals surface area (Å²) in [5.74, 6) is 2.03. The van der Waals surface area contributed by atoms with Gasteiger partial charge in [-0.1, -0.05) is 72.8 Å². The van der Waals surface area contributed by atoms with Gasteiger partial charge < -0.3 is 14.5 Å². The Morgan fingerprint density at radius 3 is 2.10 bits per heavy atom. The molecule has 0 aliphatic carbocycles. The number of anilines is 4. The summed E-state index contributed by atoms with van der Waals surface area (Å²) in [6, 6.07) is 50.5. The van der Waals surface area contributed by atoms with Gasteiger partial charge in [0.05, 0.1) is 28.1 Å². The quantitative estimate of drug-likeness (QED) is 0.181. The third-order valence-electron chi connectivity index (χ3n) is 9.21. The molecular formula is C43H31FN4O. The van der Waals surface area contributed by atoms with E-state index in [1.165, 1.54) is 6.07 Å². The molecule has 0 bridgehead atoms. The van der Waals surface area contributed by atoms with Crippen LogP contribution in [0.1, 0.15) is 5.56 Å². The number of pyridine rings is 1. The summed E-state index contributed by atoms with van der Waals surface area (Å²) < 4.78 is 24.1. The summed E-state index contributed by atoms with van der Waals surface area (Å²) in [7, 11) is 0. The van der Waals surface area contributed by atoms with Crippen molar-refractivity contribution >= 4 is 44.6 Å². The lowest BCUT2D eigenvalue weighted by Crippen LogP contribution is -2.24. The molecule has 0 saturated carbocycles. The zero-order valence-corrected chi connectivity index (χ0v) is 26.8. The second-order valence-corrected chi connectivity index (χ2v) is 12.3. The van der Waals surface area contributed by atoms with Crippen LogP contribution in [0.4, 0.5) is 27.1 Å². The van der Waals surface area contributed by atoms with Crippen molar-refractivity contribution in [3.05, 3.63) is 169 Å². The van der Waals surface area contributed by atoms with Gasteiger partial charge in [0, 0.05) is 34.8 Å². The van der Waals surface area contributed by atoms with Crippen LogP contribution in [0.15, 0.2) is 158 Å². The van der Waals surface area contributed by atoms with Crippen LogP contribution < -0.4 is 14.5 Å². The highest BCUT2D eigenvalue weighted by Gasteiger charge is 2.29. The largest absolute Gasteiger partial charge is 0.457 e. The van der Waals surface area contributed by atoms with E-state index in [1.54, 1.807) is 6.07 Å². The smallest absolute Gasteiger partial charge is 0.146 e. The molecule has 0 N–H and O–H groups in total. The summed E-state index contributed by atoms with van der Waals surface area (Å²) in [5.41, 5.74) is 8.79. The normalized spacial score (nSPS) is 12.5. The average molecular weight is 639 g/mol. The monoisotopic (exact) mass is 638 g/mol. The van der Waals surface area contributed by atoms with Gasteiger partial charge in [0.1, 0.15) is 29.8 Å². The van der Waals surface area contributed by atoms with E-state index >= 15 is 4.39 Å². The molecule has 0 radical (unpaired) electrons. The number of hydrogen-bond acceptors (Lipinski definition) is 4. The maximum Gasteiger partial charge on any atom is 0.146 e. The third-order valence-corrected chi connectivity index (χ3v) is 9.21. The Balaban J connectivity index is 1.17. The number of aryl methyl sites for hydroxylation is 1. The lowest BCUT2D eigenvalue weighted by atomic mass is 10.0. The van der Waals surface area contributed by atoms with Crippen LogP contribution in [-0.4, -0.2) is 16.2 Å². The predicted molar refractivity (Wildman–Crippen MR) is 197 cm³/mol. The van der Waals surface area contributed by atoms with Gasteiger partial charge in [-0.05, 0) is 90.3 Å². The molecule has 0 atom stereocenters. The number of hydrogen-bond donors (Lipinski definition) is 0. The zero-order valence-electron chi connectivity index (χ0n) is 26.8. The van der Waals surface area contributed by atoms with Gasteiger partial charge in [-0.3, -0.25) is 4.57 Å². The van der Waals surface area contributed by atoms with E-state index in [0.29, 0.717) is 18.1 Å². The van der Waals surface area contributed by atoms with Gasteiger partial charge in [0.15, 0.2) is 0 Å². The molecule has 9 rings (SSSR count). The number of halogens is 1. The lowest BCUT2D eigenvalue weighted by molar-refractivity contribution is 0.483. The van der Waals surface area contributed by atoms with Crippen molar-refractivity contribution in [3.63, 3.8) is 0 Å². The molecule has 3 heterocycles. The zero-order chi connectivity index (χ0) is 32.9. The Bertz CT molecular complexity index is 2510. The van der Waals surface area contributed by atoms with Gasteiger partial charge in [-0.15, -0.1) is 0 Å². The maximum absolute atomic E-state index is 15.1. The van der Waals surface area contributed by atoms with Crippen molar-refractivity contribution < 1.29 is 9.13 Å². The van der Waals surface area contributed by atoms with Crippen molar-refractivity contribution in [1.82, 2.24) is 9.55 Å². The minimum atomic E-state index is -0.255. The van der Waals surface area contributed by atoms with E-state index in [-0.39, 0.29) is 5.82 Å². The first-order valence-corrected chi connectivity index (χ1v) is 16.3.